The summed E-state index contributed by atoms with van der Waals surface area (Å²) in [6, 6.07) is 10.9. The molecule has 0 amide bonds. The van der Waals surface area contributed by atoms with Crippen molar-refractivity contribution in [1.29, 1.82) is 0 Å². The third kappa shape index (κ3) is 2.72. The molecule has 2 rings (SSSR count). The molecule has 6 heteroatoms. The van der Waals surface area contributed by atoms with Crippen LogP contribution in [0.4, 0.5) is 5.69 Å². The van der Waals surface area contributed by atoms with Gasteiger partial charge in [0.05, 0.1) is 15.0 Å². The van der Waals surface area contributed by atoms with Crippen molar-refractivity contribution in [1.82, 2.24) is 0 Å². The van der Waals surface area contributed by atoms with Gasteiger partial charge in [0.25, 0.3) is 5.69 Å². The molecule has 0 saturated heterocycles. The van der Waals surface area contributed by atoms with Crippen molar-refractivity contribution in [2.45, 2.75) is 0 Å². The summed E-state index contributed by atoms with van der Waals surface area (Å²) in [5, 5.41) is 11.2. The number of halogens is 2. The minimum atomic E-state index is -0.523. The topological polar surface area (TPSA) is 52.4 Å². The van der Waals surface area contributed by atoms with Crippen LogP contribution in [0.1, 0.15) is 0 Å². The van der Waals surface area contributed by atoms with Gasteiger partial charge in [0.15, 0.2) is 0 Å². The summed E-state index contributed by atoms with van der Waals surface area (Å²) in [5.74, 6) is 0.755. The van der Waals surface area contributed by atoms with Crippen LogP contribution in [0.25, 0.3) is 0 Å². The second kappa shape index (κ2) is 5.25. The summed E-state index contributed by atoms with van der Waals surface area (Å²) in [6.07, 6.45) is 0. The molecule has 0 aliphatic heterocycles. The molecule has 0 aliphatic rings. The van der Waals surface area contributed by atoms with Crippen LogP contribution in [0.5, 0.6) is 11.5 Å². The van der Waals surface area contributed by atoms with E-state index < -0.39 is 4.92 Å². The predicted molar refractivity (Wildman–Crippen MR) is 69.6 cm³/mol. The number of nitro benzene ring substituents is 1. The molecule has 0 spiro atoms. The molecule has 0 N–H and O–H groups in total. The van der Waals surface area contributed by atoms with E-state index in [1.54, 1.807) is 24.3 Å². The lowest BCUT2D eigenvalue weighted by Crippen LogP contribution is -1.90. The molecule has 0 unspecified atom stereocenters. The molecule has 4 nitrogen and oxygen atoms in total. The first-order valence-corrected chi connectivity index (χ1v) is 5.70. The molecule has 0 aromatic heterocycles. The second-order valence-corrected chi connectivity index (χ2v) is 4.22. The van der Waals surface area contributed by atoms with Crippen LogP contribution in [-0.2, 0) is 0 Å². The fourth-order valence-electron chi connectivity index (χ4n) is 1.33. The summed E-state index contributed by atoms with van der Waals surface area (Å²) in [5.41, 5.74) is -0.0912. The van der Waals surface area contributed by atoms with Crippen LogP contribution in [0.3, 0.4) is 0 Å². The first kappa shape index (κ1) is 12.7. The number of benzene rings is 2. The smallest absolute Gasteiger partial charge is 0.271 e. The Morgan fingerprint density at radius 1 is 1.00 bits per heavy atom. The van der Waals surface area contributed by atoms with Gasteiger partial charge in [0, 0.05) is 12.1 Å². The summed E-state index contributed by atoms with van der Waals surface area (Å²) in [6.45, 7) is 0. The summed E-state index contributed by atoms with van der Waals surface area (Å²) >= 11 is 11.8. The van der Waals surface area contributed by atoms with E-state index in [9.17, 15) is 10.1 Å². The highest BCUT2D eigenvalue weighted by atomic mass is 35.5. The normalized spacial score (nSPS) is 10.1. The van der Waals surface area contributed by atoms with Crippen molar-refractivity contribution in [3.8, 4) is 11.5 Å². The van der Waals surface area contributed by atoms with Gasteiger partial charge in [0.1, 0.15) is 11.5 Å². The van der Waals surface area contributed by atoms with Gasteiger partial charge in [-0.3, -0.25) is 10.1 Å². The van der Waals surface area contributed by atoms with E-state index in [2.05, 4.69) is 0 Å². The molecule has 92 valence electrons. The maximum Gasteiger partial charge on any atom is 0.271 e. The molecule has 18 heavy (non-hydrogen) atoms. The summed E-state index contributed by atoms with van der Waals surface area (Å²) in [7, 11) is 0. The standard InChI is InChI=1S/C12H7Cl2NO3/c13-9-3-1-2-4-11(9)18-12-6-5-8(15(16)17)7-10(12)14/h1-7H. The monoisotopic (exact) mass is 283 g/mol. The van der Waals surface area contributed by atoms with Crippen LogP contribution in [0, 0.1) is 10.1 Å². The average molecular weight is 284 g/mol. The highest BCUT2D eigenvalue weighted by Crippen LogP contribution is 2.35. The van der Waals surface area contributed by atoms with Crippen LogP contribution >= 0.6 is 23.2 Å². The lowest BCUT2D eigenvalue weighted by molar-refractivity contribution is -0.384. The largest absolute Gasteiger partial charge is 0.454 e. The van der Waals surface area contributed by atoms with Gasteiger partial charge in [-0.05, 0) is 18.2 Å². The Kier molecular flexibility index (Phi) is 3.69. The number of rotatable bonds is 3. The number of nitro groups is 1. The molecule has 2 aromatic rings. The minimum absolute atomic E-state index is 0.0912. The Morgan fingerprint density at radius 3 is 2.28 bits per heavy atom. The van der Waals surface area contributed by atoms with E-state index in [-0.39, 0.29) is 10.7 Å². The van der Waals surface area contributed by atoms with Gasteiger partial charge in [-0.1, -0.05) is 35.3 Å². The summed E-state index contributed by atoms with van der Waals surface area (Å²) < 4.78 is 5.49. The van der Waals surface area contributed by atoms with E-state index in [0.29, 0.717) is 16.5 Å². The van der Waals surface area contributed by atoms with Crippen LogP contribution < -0.4 is 4.74 Å². The zero-order valence-corrected chi connectivity index (χ0v) is 10.5. The second-order valence-electron chi connectivity index (χ2n) is 3.40. The number of ether oxygens (including phenoxy) is 1. The third-order valence-corrected chi connectivity index (χ3v) is 2.79. The number of para-hydroxylation sites is 1. The van der Waals surface area contributed by atoms with Crippen molar-refractivity contribution in [2.75, 3.05) is 0 Å². The van der Waals surface area contributed by atoms with Gasteiger partial charge in [-0.15, -0.1) is 0 Å². The first-order valence-electron chi connectivity index (χ1n) is 4.94. The molecule has 0 radical (unpaired) electrons. The van der Waals surface area contributed by atoms with Gasteiger partial charge >= 0.3 is 0 Å². The van der Waals surface area contributed by atoms with Crippen LogP contribution in [0.15, 0.2) is 42.5 Å². The quantitative estimate of drug-likeness (QED) is 0.606. The average Bonchev–Trinajstić information content (AvgIpc) is 2.34. The molecule has 0 atom stereocenters. The fraction of sp³-hybridized carbons (Fsp3) is 0. The molecule has 2 aromatic carbocycles. The fourth-order valence-corrected chi connectivity index (χ4v) is 1.72. The van der Waals surface area contributed by atoms with Gasteiger partial charge in [-0.2, -0.15) is 0 Å². The molecule has 0 fully saturated rings. The number of hydrogen-bond acceptors (Lipinski definition) is 3. The van der Waals surface area contributed by atoms with Gasteiger partial charge in [-0.25, -0.2) is 0 Å². The van der Waals surface area contributed by atoms with Gasteiger partial charge < -0.3 is 4.74 Å². The number of non-ortho nitro benzene ring substituents is 1. The van der Waals surface area contributed by atoms with Gasteiger partial charge in [0.2, 0.25) is 0 Å². The van der Waals surface area contributed by atoms with Crippen LogP contribution in [-0.4, -0.2) is 4.92 Å². The maximum absolute atomic E-state index is 10.6. The zero-order chi connectivity index (χ0) is 13.1. The van der Waals surface area contributed by atoms with Crippen molar-refractivity contribution >= 4 is 28.9 Å². The molecule has 0 heterocycles. The van der Waals surface area contributed by atoms with Crippen molar-refractivity contribution in [2.24, 2.45) is 0 Å². The molecule has 0 saturated carbocycles. The molecule has 0 aliphatic carbocycles. The third-order valence-electron chi connectivity index (χ3n) is 2.18. The number of hydrogen-bond donors (Lipinski definition) is 0. The van der Waals surface area contributed by atoms with E-state index in [4.69, 9.17) is 27.9 Å². The first-order chi connectivity index (χ1) is 8.58. The Hall–Kier alpha value is -1.78. The van der Waals surface area contributed by atoms with Crippen molar-refractivity contribution < 1.29 is 9.66 Å². The predicted octanol–water partition coefficient (Wildman–Crippen LogP) is 4.69. The van der Waals surface area contributed by atoms with E-state index in [1.807, 2.05) is 0 Å². The molecular formula is C12H7Cl2NO3. The lowest BCUT2D eigenvalue weighted by atomic mass is 10.3. The lowest BCUT2D eigenvalue weighted by Gasteiger charge is -2.08. The maximum atomic E-state index is 10.6. The highest BCUT2D eigenvalue weighted by Gasteiger charge is 2.11. The van der Waals surface area contributed by atoms with E-state index >= 15 is 0 Å². The highest BCUT2D eigenvalue weighted by molar-refractivity contribution is 6.33. The Morgan fingerprint density at radius 2 is 1.67 bits per heavy atom. The summed E-state index contributed by atoms with van der Waals surface area (Å²) in [4.78, 5) is 10.0. The van der Waals surface area contributed by atoms with E-state index in [0.717, 1.165) is 0 Å². The van der Waals surface area contributed by atoms with E-state index in [1.165, 1.54) is 18.2 Å². The Balaban J connectivity index is 2.30. The minimum Gasteiger partial charge on any atom is -0.454 e. The molecular weight excluding hydrogens is 277 g/mol. The molecule has 0 bridgehead atoms. The number of nitrogens with zero attached hydrogens (tertiary/aromatic N) is 1. The Bertz CT molecular complexity index is 602. The Labute approximate surface area is 113 Å². The zero-order valence-electron chi connectivity index (χ0n) is 8.97. The van der Waals surface area contributed by atoms with Crippen molar-refractivity contribution in [3.05, 3.63) is 62.6 Å². The van der Waals surface area contributed by atoms with Crippen molar-refractivity contribution in [3.63, 3.8) is 0 Å². The van der Waals surface area contributed by atoms with Crippen LogP contribution in [0.2, 0.25) is 10.0 Å². The SMILES string of the molecule is O=[N+]([O-])c1ccc(Oc2ccccc2Cl)c(Cl)c1.